The molecule has 6 N–H and O–H groups in total. The second-order valence-corrected chi connectivity index (χ2v) is 12.0. The Morgan fingerprint density at radius 1 is 0.878 bits per heavy atom. The van der Waals surface area contributed by atoms with Crippen molar-refractivity contribution in [2.24, 2.45) is 30.7 Å². The predicted octanol–water partition coefficient (Wildman–Crippen LogP) is 7.11. The van der Waals surface area contributed by atoms with Crippen LogP contribution in [0.1, 0.15) is 15.9 Å². The van der Waals surface area contributed by atoms with Crippen molar-refractivity contribution in [2.45, 2.75) is 4.90 Å². The number of phenols is 2. The summed E-state index contributed by atoms with van der Waals surface area (Å²) in [6.07, 6.45) is 0.587. The molecule has 0 aromatic heterocycles. The molecule has 0 bridgehead atoms. The van der Waals surface area contributed by atoms with Gasteiger partial charge in [0.15, 0.2) is 21.3 Å². The standard InChI is InChI=1S/C29H23N9O9S2/c1-2-49(45,46)20-10-7-18(8-11-20)33-37-26-24(39)14-21(29(41)42)25(27(26)40)36-34-19-9-12-22(23(13-19)38-47-15-30)35-32-17-5-3-16(4-6-17)28(31)48(43)44/h2-15,30-31,38-40H,1H2,(H,41,42)(H,43,44)/p-1. The number of aromatic hydroxyl groups is 2. The number of carboxylic acid groups (broad SMARTS) is 1. The van der Waals surface area contributed by atoms with Crippen LogP contribution in [0.3, 0.4) is 0 Å². The van der Waals surface area contributed by atoms with Gasteiger partial charge in [-0.3, -0.25) is 15.0 Å². The summed E-state index contributed by atoms with van der Waals surface area (Å²) in [5.74, 6) is -3.19. The largest absolute Gasteiger partial charge is 0.767 e. The van der Waals surface area contributed by atoms with E-state index in [1.165, 1.54) is 66.7 Å². The molecule has 0 amide bonds. The van der Waals surface area contributed by atoms with Crippen LogP contribution in [0, 0.1) is 10.8 Å². The molecule has 4 rings (SSSR count). The molecule has 1 unspecified atom stereocenters. The van der Waals surface area contributed by atoms with Crippen molar-refractivity contribution in [3.8, 4) is 11.5 Å². The van der Waals surface area contributed by atoms with E-state index in [2.05, 4.69) is 42.7 Å². The number of nitrogens with one attached hydrogen (secondary N) is 3. The number of hydrogen-bond donors (Lipinski definition) is 6. The van der Waals surface area contributed by atoms with E-state index in [-0.39, 0.29) is 33.2 Å². The average Bonchev–Trinajstić information content (AvgIpc) is 3.09. The predicted molar refractivity (Wildman–Crippen MR) is 175 cm³/mol. The van der Waals surface area contributed by atoms with Crippen LogP contribution < -0.4 is 5.48 Å². The minimum atomic E-state index is -3.69. The molecule has 1 atom stereocenters. The van der Waals surface area contributed by atoms with Gasteiger partial charge in [0, 0.05) is 11.0 Å². The van der Waals surface area contributed by atoms with E-state index in [9.17, 15) is 37.3 Å². The average molecular weight is 705 g/mol. The number of anilines is 1. The maximum Gasteiger partial charge on any atom is 0.338 e. The molecule has 20 heteroatoms. The Labute approximate surface area is 279 Å². The maximum atomic E-state index is 11.9. The highest BCUT2D eigenvalue weighted by Gasteiger charge is 2.22. The molecule has 0 aliphatic carbocycles. The molecule has 0 aliphatic heterocycles. The molecule has 0 aliphatic rings. The zero-order valence-corrected chi connectivity index (χ0v) is 26.2. The van der Waals surface area contributed by atoms with Gasteiger partial charge in [0.1, 0.15) is 27.9 Å². The van der Waals surface area contributed by atoms with Gasteiger partial charge in [0.2, 0.25) is 6.40 Å². The normalized spacial score (nSPS) is 12.3. The third-order valence-corrected chi connectivity index (χ3v) is 8.09. The third-order valence-electron chi connectivity index (χ3n) is 6.15. The van der Waals surface area contributed by atoms with E-state index in [0.717, 1.165) is 11.5 Å². The number of sulfone groups is 1. The molecule has 0 fully saturated rings. The fourth-order valence-electron chi connectivity index (χ4n) is 3.75. The number of phenolic OH excluding ortho intramolecular Hbond substituents is 2. The van der Waals surface area contributed by atoms with Gasteiger partial charge in [-0.15, -0.1) is 15.3 Å². The first-order chi connectivity index (χ1) is 23.3. The summed E-state index contributed by atoms with van der Waals surface area (Å²) in [5, 5.41) is 69.4. The van der Waals surface area contributed by atoms with Crippen molar-refractivity contribution < 1.29 is 42.1 Å². The maximum absolute atomic E-state index is 11.9. The van der Waals surface area contributed by atoms with Crippen LogP contribution in [0.15, 0.2) is 120 Å². The summed E-state index contributed by atoms with van der Waals surface area (Å²) < 4.78 is 45.8. The van der Waals surface area contributed by atoms with Gasteiger partial charge >= 0.3 is 5.97 Å². The molecule has 0 saturated carbocycles. The first-order valence-corrected chi connectivity index (χ1v) is 15.8. The van der Waals surface area contributed by atoms with E-state index in [4.69, 9.17) is 15.7 Å². The molecular weight excluding hydrogens is 683 g/mol. The van der Waals surface area contributed by atoms with Crippen molar-refractivity contribution in [1.82, 2.24) is 0 Å². The Bertz CT molecular complexity index is 2170. The Morgan fingerprint density at radius 2 is 1.45 bits per heavy atom. The van der Waals surface area contributed by atoms with Crippen LogP contribution in [0.4, 0.5) is 39.8 Å². The molecule has 250 valence electrons. The van der Waals surface area contributed by atoms with Gasteiger partial charge in [-0.2, -0.15) is 15.3 Å². The van der Waals surface area contributed by atoms with Gasteiger partial charge in [-0.05, 0) is 71.7 Å². The van der Waals surface area contributed by atoms with Crippen molar-refractivity contribution >= 4 is 78.1 Å². The molecular formula is C29H22N9O9S2-. The first kappa shape index (κ1) is 35.3. The molecule has 0 heterocycles. The smallest absolute Gasteiger partial charge is 0.338 e. The molecule has 0 saturated heterocycles. The van der Waals surface area contributed by atoms with Gasteiger partial charge in [0.05, 0.1) is 27.5 Å². The number of azo groups is 3. The highest BCUT2D eigenvalue weighted by molar-refractivity contribution is 7.96. The zero-order valence-electron chi connectivity index (χ0n) is 24.6. The Kier molecular flexibility index (Phi) is 11.1. The second-order valence-electron chi connectivity index (χ2n) is 9.25. The number of benzene rings is 4. The molecule has 49 heavy (non-hydrogen) atoms. The Morgan fingerprint density at radius 3 is 2.04 bits per heavy atom. The van der Waals surface area contributed by atoms with Crippen molar-refractivity contribution in [1.29, 1.82) is 10.8 Å². The first-order valence-electron chi connectivity index (χ1n) is 13.2. The number of rotatable bonds is 13. The number of hydrogen-bond acceptors (Lipinski definition) is 17. The molecule has 4 aromatic rings. The summed E-state index contributed by atoms with van der Waals surface area (Å²) >= 11 is -2.70. The quantitative estimate of drug-likeness (QED) is 0.0269. The molecule has 0 radical (unpaired) electrons. The summed E-state index contributed by atoms with van der Waals surface area (Å²) in [6, 6.07) is 15.7. The van der Waals surface area contributed by atoms with Crippen LogP contribution in [0.5, 0.6) is 11.5 Å². The van der Waals surface area contributed by atoms with E-state index in [1.807, 2.05) is 0 Å². The summed E-state index contributed by atoms with van der Waals surface area (Å²) in [5.41, 5.74) is 1.64. The van der Waals surface area contributed by atoms with Crippen molar-refractivity contribution in [3.63, 3.8) is 0 Å². The molecule has 4 aromatic carbocycles. The minimum absolute atomic E-state index is 0.0504. The van der Waals surface area contributed by atoms with E-state index in [0.29, 0.717) is 12.1 Å². The van der Waals surface area contributed by atoms with Crippen molar-refractivity contribution in [2.75, 3.05) is 5.48 Å². The SMILES string of the molecule is C=CS(=O)(=O)c1ccc(N=Nc2c(O)cc(C(=O)O)c(N=Nc3ccc(N=Nc4ccc(C(=N)S(=O)[O-])cc4)c(NOC=N)c3)c2O)cc1. The lowest BCUT2D eigenvalue weighted by Crippen LogP contribution is -2.05. The third kappa shape index (κ3) is 8.65. The van der Waals surface area contributed by atoms with Crippen LogP contribution in [0.25, 0.3) is 0 Å². The lowest BCUT2D eigenvalue weighted by molar-refractivity contribution is 0.0697. The van der Waals surface area contributed by atoms with Crippen LogP contribution in [0.2, 0.25) is 0 Å². The lowest BCUT2D eigenvalue weighted by Gasteiger charge is -2.09. The van der Waals surface area contributed by atoms with Gasteiger partial charge in [-0.1, -0.05) is 18.7 Å². The van der Waals surface area contributed by atoms with Gasteiger partial charge in [0.25, 0.3) is 0 Å². The van der Waals surface area contributed by atoms with Crippen LogP contribution >= 0.6 is 0 Å². The number of nitrogens with zero attached hydrogens (tertiary/aromatic N) is 6. The lowest BCUT2D eigenvalue weighted by atomic mass is 10.1. The van der Waals surface area contributed by atoms with Gasteiger partial charge < -0.3 is 24.7 Å². The highest BCUT2D eigenvalue weighted by atomic mass is 32.2. The fraction of sp³-hybridized carbons (Fsp3) is 0. The number of carbonyl (C=O) groups is 1. The highest BCUT2D eigenvalue weighted by Crippen LogP contribution is 2.47. The van der Waals surface area contributed by atoms with E-state index in [1.54, 1.807) is 0 Å². The minimum Gasteiger partial charge on any atom is -0.767 e. The Balaban J connectivity index is 1.65. The number of aromatic carboxylic acids is 1. The fourth-order valence-corrected chi connectivity index (χ4v) is 4.78. The molecule has 0 spiro atoms. The monoisotopic (exact) mass is 704 g/mol. The molecule has 18 nitrogen and oxygen atoms in total. The number of carboxylic acids is 1. The Hall–Kier alpha value is -6.51. The zero-order chi connectivity index (χ0) is 35.7. The summed E-state index contributed by atoms with van der Waals surface area (Å²) in [4.78, 5) is 16.7. The van der Waals surface area contributed by atoms with Crippen LogP contribution in [-0.2, 0) is 25.8 Å². The van der Waals surface area contributed by atoms with Gasteiger partial charge in [-0.25, -0.2) is 18.7 Å². The van der Waals surface area contributed by atoms with E-state index >= 15 is 0 Å². The van der Waals surface area contributed by atoms with Crippen LogP contribution in [-0.4, -0.2) is 49.9 Å². The second kappa shape index (κ2) is 15.4. The topological polar surface area (TPSA) is 295 Å². The summed E-state index contributed by atoms with van der Waals surface area (Å²) in [7, 11) is -3.69. The summed E-state index contributed by atoms with van der Waals surface area (Å²) in [6.45, 7) is 3.25. The van der Waals surface area contributed by atoms with Crippen molar-refractivity contribution in [3.05, 3.63) is 95.9 Å². The van der Waals surface area contributed by atoms with E-state index < -0.39 is 60.4 Å².